The van der Waals surface area contributed by atoms with Gasteiger partial charge in [-0.2, -0.15) is 0 Å². The first-order valence-corrected chi connectivity index (χ1v) is 5.51. The second-order valence-electron chi connectivity index (χ2n) is 3.66. The van der Waals surface area contributed by atoms with E-state index in [0.717, 1.165) is 11.3 Å². The molecule has 1 N–H and O–H groups in total. The summed E-state index contributed by atoms with van der Waals surface area (Å²) < 4.78 is 12.9. The number of hydrogen-bond acceptors (Lipinski definition) is 3. The third kappa shape index (κ3) is 2.91. The Morgan fingerprint density at radius 3 is 2.65 bits per heavy atom. The van der Waals surface area contributed by atoms with Crippen LogP contribution in [0.15, 0.2) is 36.9 Å². The highest BCUT2D eigenvalue weighted by Gasteiger charge is 2.10. The van der Waals surface area contributed by atoms with E-state index in [1.54, 1.807) is 18.5 Å². The van der Waals surface area contributed by atoms with Gasteiger partial charge in [-0.25, -0.2) is 14.4 Å². The van der Waals surface area contributed by atoms with E-state index < -0.39 is 0 Å². The largest absolute Gasteiger partial charge is 0.376 e. The molecular weight excluding hydrogens is 241 g/mol. The van der Waals surface area contributed by atoms with Crippen molar-refractivity contribution in [2.24, 2.45) is 0 Å². The zero-order valence-corrected chi connectivity index (χ0v) is 9.95. The molecule has 0 fully saturated rings. The van der Waals surface area contributed by atoms with Gasteiger partial charge in [0.25, 0.3) is 0 Å². The minimum absolute atomic E-state index is 0.0471. The second kappa shape index (κ2) is 5.10. The van der Waals surface area contributed by atoms with Crippen LogP contribution in [-0.2, 0) is 0 Å². The molecule has 88 valence electrons. The number of halogens is 2. The van der Waals surface area contributed by atoms with Crippen LogP contribution in [-0.4, -0.2) is 9.97 Å². The van der Waals surface area contributed by atoms with E-state index in [0.29, 0.717) is 5.02 Å². The zero-order valence-electron chi connectivity index (χ0n) is 9.19. The summed E-state index contributed by atoms with van der Waals surface area (Å²) in [6, 6.07) is 4.31. The summed E-state index contributed by atoms with van der Waals surface area (Å²) in [5.41, 5.74) is 1.62. The lowest BCUT2D eigenvalue weighted by Gasteiger charge is -2.16. The quantitative estimate of drug-likeness (QED) is 0.908. The summed E-state index contributed by atoms with van der Waals surface area (Å²) in [5, 5.41) is 3.59. The highest BCUT2D eigenvalue weighted by Crippen LogP contribution is 2.26. The minimum atomic E-state index is -0.339. The fraction of sp³-hybridized carbons (Fsp3) is 0.167. The lowest BCUT2D eigenvalue weighted by atomic mass is 10.1. The third-order valence-electron chi connectivity index (χ3n) is 2.37. The molecule has 0 aliphatic rings. The Morgan fingerprint density at radius 2 is 2.00 bits per heavy atom. The van der Waals surface area contributed by atoms with E-state index in [9.17, 15) is 4.39 Å². The van der Waals surface area contributed by atoms with Crippen LogP contribution in [0.25, 0.3) is 0 Å². The Hall–Kier alpha value is -1.68. The molecule has 1 unspecified atom stereocenters. The number of nitrogens with one attached hydrogen (secondary N) is 1. The third-order valence-corrected chi connectivity index (χ3v) is 2.70. The smallest absolute Gasteiger partial charge is 0.124 e. The second-order valence-corrected chi connectivity index (χ2v) is 4.07. The molecule has 3 nitrogen and oxygen atoms in total. The van der Waals surface area contributed by atoms with E-state index >= 15 is 0 Å². The predicted octanol–water partition coefficient (Wildman–Crippen LogP) is 3.44. The predicted molar refractivity (Wildman–Crippen MR) is 65.5 cm³/mol. The average Bonchev–Trinajstić information content (AvgIpc) is 2.30. The molecule has 0 spiro atoms. The first kappa shape index (κ1) is 11.8. The van der Waals surface area contributed by atoms with Gasteiger partial charge in [0, 0.05) is 5.02 Å². The minimum Gasteiger partial charge on any atom is -0.376 e. The van der Waals surface area contributed by atoms with Crippen molar-refractivity contribution in [1.29, 1.82) is 0 Å². The highest BCUT2D eigenvalue weighted by atomic mass is 35.5. The Bertz CT molecular complexity index is 504. The Balaban J connectivity index is 2.17. The van der Waals surface area contributed by atoms with Gasteiger partial charge in [-0.15, -0.1) is 0 Å². The summed E-state index contributed by atoms with van der Waals surface area (Å²) in [6.45, 7) is 1.94. The molecule has 1 aromatic carbocycles. The average molecular weight is 252 g/mol. The van der Waals surface area contributed by atoms with Crippen LogP contribution in [0.1, 0.15) is 18.5 Å². The van der Waals surface area contributed by atoms with Crippen LogP contribution in [0.3, 0.4) is 0 Å². The van der Waals surface area contributed by atoms with E-state index in [1.807, 2.05) is 6.92 Å². The van der Waals surface area contributed by atoms with Crippen LogP contribution in [0.4, 0.5) is 10.1 Å². The summed E-state index contributed by atoms with van der Waals surface area (Å²) in [7, 11) is 0. The summed E-state index contributed by atoms with van der Waals surface area (Å²) in [4.78, 5) is 7.80. The highest BCUT2D eigenvalue weighted by molar-refractivity contribution is 6.31. The van der Waals surface area contributed by atoms with Gasteiger partial charge in [0.15, 0.2) is 0 Å². The number of aromatic nitrogens is 2. The molecule has 1 atom stereocenters. The maximum Gasteiger partial charge on any atom is 0.124 e. The SMILES string of the molecule is CC(Nc1cncnc1)c1ccc(F)cc1Cl. The van der Waals surface area contributed by atoms with Gasteiger partial charge in [0.1, 0.15) is 12.1 Å². The normalized spacial score (nSPS) is 12.2. The molecule has 0 amide bonds. The maximum absolute atomic E-state index is 12.9. The van der Waals surface area contributed by atoms with Gasteiger partial charge in [0.2, 0.25) is 0 Å². The molecule has 1 heterocycles. The molecule has 5 heteroatoms. The van der Waals surface area contributed by atoms with Crippen molar-refractivity contribution < 1.29 is 4.39 Å². The van der Waals surface area contributed by atoms with E-state index in [2.05, 4.69) is 15.3 Å². The van der Waals surface area contributed by atoms with E-state index in [1.165, 1.54) is 18.5 Å². The van der Waals surface area contributed by atoms with E-state index in [4.69, 9.17) is 11.6 Å². The van der Waals surface area contributed by atoms with Crippen molar-refractivity contribution in [3.05, 3.63) is 53.3 Å². The summed E-state index contributed by atoms with van der Waals surface area (Å²) in [5.74, 6) is -0.339. The molecule has 17 heavy (non-hydrogen) atoms. The number of anilines is 1. The first-order chi connectivity index (χ1) is 8.16. The number of hydrogen-bond donors (Lipinski definition) is 1. The molecule has 0 saturated carbocycles. The van der Waals surface area contributed by atoms with Gasteiger partial charge in [-0.05, 0) is 24.6 Å². The molecule has 1 aromatic heterocycles. The fourth-order valence-electron chi connectivity index (χ4n) is 1.55. The van der Waals surface area contributed by atoms with E-state index in [-0.39, 0.29) is 11.9 Å². The number of benzene rings is 1. The standard InChI is InChI=1S/C12H11ClFN3/c1-8(17-10-5-15-7-16-6-10)11-3-2-9(14)4-12(11)13/h2-8,17H,1H3. The lowest BCUT2D eigenvalue weighted by Crippen LogP contribution is -2.07. The summed E-state index contributed by atoms with van der Waals surface area (Å²) in [6.07, 6.45) is 4.79. The van der Waals surface area contributed by atoms with Gasteiger partial charge in [-0.3, -0.25) is 0 Å². The van der Waals surface area contributed by atoms with Crippen LogP contribution in [0, 0.1) is 5.82 Å². The Morgan fingerprint density at radius 1 is 1.29 bits per heavy atom. The molecular formula is C12H11ClFN3. The first-order valence-electron chi connectivity index (χ1n) is 5.13. The van der Waals surface area contributed by atoms with Crippen molar-refractivity contribution in [1.82, 2.24) is 9.97 Å². The van der Waals surface area contributed by atoms with Gasteiger partial charge in [-0.1, -0.05) is 17.7 Å². The maximum atomic E-state index is 12.9. The van der Waals surface area contributed by atoms with Crippen LogP contribution < -0.4 is 5.32 Å². The molecule has 0 aliphatic carbocycles. The number of nitrogens with zero attached hydrogens (tertiary/aromatic N) is 2. The molecule has 0 aliphatic heterocycles. The topological polar surface area (TPSA) is 37.8 Å². The van der Waals surface area contributed by atoms with Crippen molar-refractivity contribution in [3.8, 4) is 0 Å². The Labute approximate surface area is 104 Å². The summed E-state index contributed by atoms with van der Waals surface area (Å²) >= 11 is 5.98. The van der Waals surface area contributed by atoms with Crippen LogP contribution in [0.5, 0.6) is 0 Å². The molecule has 0 bridgehead atoms. The molecule has 0 saturated heterocycles. The molecule has 2 aromatic rings. The number of rotatable bonds is 3. The monoisotopic (exact) mass is 251 g/mol. The van der Waals surface area contributed by atoms with Crippen molar-refractivity contribution in [2.75, 3.05) is 5.32 Å². The molecule has 0 radical (unpaired) electrons. The van der Waals surface area contributed by atoms with Crippen molar-refractivity contribution in [3.63, 3.8) is 0 Å². The van der Waals surface area contributed by atoms with Crippen LogP contribution in [0.2, 0.25) is 5.02 Å². The van der Waals surface area contributed by atoms with Gasteiger partial charge in [0.05, 0.1) is 24.1 Å². The fourth-order valence-corrected chi connectivity index (χ4v) is 1.88. The zero-order chi connectivity index (χ0) is 12.3. The van der Waals surface area contributed by atoms with Crippen molar-refractivity contribution in [2.45, 2.75) is 13.0 Å². The molecule has 2 rings (SSSR count). The lowest BCUT2D eigenvalue weighted by molar-refractivity contribution is 0.626. The Kier molecular flexibility index (Phi) is 3.54. The van der Waals surface area contributed by atoms with Crippen molar-refractivity contribution >= 4 is 17.3 Å². The van der Waals surface area contributed by atoms with Gasteiger partial charge < -0.3 is 5.32 Å². The van der Waals surface area contributed by atoms with Gasteiger partial charge >= 0.3 is 0 Å². The van der Waals surface area contributed by atoms with Crippen LogP contribution >= 0.6 is 11.6 Å².